The molecule has 0 saturated heterocycles. The molecule has 5 nitrogen and oxygen atoms in total. The van der Waals surface area contributed by atoms with Gasteiger partial charge in [0, 0.05) is 17.2 Å². The Morgan fingerprint density at radius 3 is 1.80 bits per heavy atom. The van der Waals surface area contributed by atoms with Gasteiger partial charge in [-0.1, -0.05) is 33.9 Å². The summed E-state index contributed by atoms with van der Waals surface area (Å²) >= 11 is 0. The molecule has 0 bridgehead atoms. The van der Waals surface area contributed by atoms with Crippen molar-refractivity contribution in [2.45, 2.75) is 40.2 Å². The Morgan fingerprint density at radius 1 is 1.20 bits per heavy atom. The molecule has 0 aromatic rings. The van der Waals surface area contributed by atoms with E-state index in [4.69, 9.17) is 5.11 Å². The Balaban J connectivity index is 0. The van der Waals surface area contributed by atoms with Crippen molar-refractivity contribution in [1.82, 2.24) is 4.90 Å². The smallest absolute Gasteiger partial charge is 0.334 e. The van der Waals surface area contributed by atoms with Crippen LogP contribution in [0.15, 0.2) is 24.3 Å². The maximum Gasteiger partial charge on any atom is 0.334 e. The van der Waals surface area contributed by atoms with Crippen LogP contribution in [-0.4, -0.2) is 48.2 Å². The van der Waals surface area contributed by atoms with E-state index in [0.717, 1.165) is 19.5 Å². The van der Waals surface area contributed by atoms with Crippen LogP contribution < -0.4 is 0 Å². The van der Waals surface area contributed by atoms with E-state index < -0.39 is 5.97 Å². The molecular formula is C15H27NO4. The van der Waals surface area contributed by atoms with Crippen molar-refractivity contribution >= 4 is 11.9 Å². The normalized spacial score (nSPS) is 11.1. The van der Waals surface area contributed by atoms with Crippen molar-refractivity contribution in [3.8, 4) is 0 Å². The first-order chi connectivity index (χ1) is 9.26. The highest BCUT2D eigenvalue weighted by atomic mass is 16.5. The SMILES string of the molecule is C=C(C(=O)OC)C(CC)N(CC)CC.C=C(C)C(=O)O. The summed E-state index contributed by atoms with van der Waals surface area (Å²) in [6, 6.07) is 0.109. The zero-order valence-corrected chi connectivity index (χ0v) is 13.2. The first-order valence-corrected chi connectivity index (χ1v) is 6.66. The Bertz CT molecular complexity index is 334. The molecule has 5 heteroatoms. The van der Waals surface area contributed by atoms with Gasteiger partial charge in [-0.2, -0.15) is 0 Å². The van der Waals surface area contributed by atoms with Crippen LogP contribution >= 0.6 is 0 Å². The number of rotatable bonds is 7. The molecule has 1 N–H and O–H groups in total. The second-order valence-electron chi connectivity index (χ2n) is 4.25. The zero-order valence-electron chi connectivity index (χ0n) is 13.2. The fraction of sp³-hybridized carbons (Fsp3) is 0.600. The van der Waals surface area contributed by atoms with Gasteiger partial charge in [-0.05, 0) is 26.4 Å². The van der Waals surface area contributed by atoms with Crippen LogP contribution in [0.3, 0.4) is 0 Å². The second-order valence-corrected chi connectivity index (χ2v) is 4.25. The maximum absolute atomic E-state index is 11.3. The van der Waals surface area contributed by atoms with Gasteiger partial charge in [0.1, 0.15) is 0 Å². The number of carboxylic acids is 1. The van der Waals surface area contributed by atoms with Gasteiger partial charge in [0.15, 0.2) is 0 Å². The summed E-state index contributed by atoms with van der Waals surface area (Å²) < 4.78 is 4.67. The Labute approximate surface area is 121 Å². The molecule has 0 spiro atoms. The average molecular weight is 285 g/mol. The standard InChI is InChI=1S/C11H21NO2.C4H6O2/c1-6-10(12(7-2)8-3)9(4)11(13)14-5;1-3(2)4(5)6/h10H,4,6-8H2,1-3,5H3;1H2,2H3,(H,5,6). The van der Waals surface area contributed by atoms with Gasteiger partial charge < -0.3 is 9.84 Å². The Morgan fingerprint density at radius 2 is 1.60 bits per heavy atom. The van der Waals surface area contributed by atoms with Crippen molar-refractivity contribution in [2.75, 3.05) is 20.2 Å². The van der Waals surface area contributed by atoms with Crippen molar-refractivity contribution in [3.05, 3.63) is 24.3 Å². The third-order valence-electron chi connectivity index (χ3n) is 2.85. The molecule has 0 heterocycles. The van der Waals surface area contributed by atoms with E-state index in [1.54, 1.807) is 0 Å². The molecular weight excluding hydrogens is 258 g/mol. The third kappa shape index (κ3) is 7.74. The zero-order chi connectivity index (χ0) is 16.3. The minimum atomic E-state index is -0.935. The van der Waals surface area contributed by atoms with Crippen LogP contribution in [0, 0.1) is 0 Å². The summed E-state index contributed by atoms with van der Waals surface area (Å²) in [6.07, 6.45) is 0.885. The number of hydrogen-bond donors (Lipinski definition) is 1. The number of hydrogen-bond acceptors (Lipinski definition) is 4. The minimum Gasteiger partial charge on any atom is -0.478 e. The molecule has 0 aromatic heterocycles. The molecule has 0 radical (unpaired) electrons. The van der Waals surface area contributed by atoms with Crippen LogP contribution in [0.5, 0.6) is 0 Å². The highest BCUT2D eigenvalue weighted by Crippen LogP contribution is 2.13. The number of carbonyl (C=O) groups is 2. The lowest BCUT2D eigenvalue weighted by molar-refractivity contribution is -0.137. The first kappa shape index (κ1) is 20.7. The lowest BCUT2D eigenvalue weighted by Gasteiger charge is -2.29. The number of nitrogens with zero attached hydrogens (tertiary/aromatic N) is 1. The number of likely N-dealkylation sites (N-methyl/N-ethyl adjacent to an activating group) is 1. The van der Waals surface area contributed by atoms with E-state index in [2.05, 4.69) is 43.6 Å². The largest absolute Gasteiger partial charge is 0.478 e. The lowest BCUT2D eigenvalue weighted by Crippen LogP contribution is -2.38. The van der Waals surface area contributed by atoms with E-state index >= 15 is 0 Å². The van der Waals surface area contributed by atoms with Gasteiger partial charge in [0.05, 0.1) is 7.11 Å². The van der Waals surface area contributed by atoms with E-state index in [1.807, 2.05) is 0 Å². The molecule has 0 fully saturated rings. The van der Waals surface area contributed by atoms with Crippen molar-refractivity contribution < 1.29 is 19.4 Å². The second kappa shape index (κ2) is 11.2. The van der Waals surface area contributed by atoms with Crippen LogP contribution in [-0.2, 0) is 14.3 Å². The topological polar surface area (TPSA) is 66.8 Å². The third-order valence-corrected chi connectivity index (χ3v) is 2.85. The molecule has 1 unspecified atom stereocenters. The fourth-order valence-electron chi connectivity index (χ4n) is 1.66. The number of esters is 1. The molecule has 0 rings (SSSR count). The van der Waals surface area contributed by atoms with Crippen LogP contribution in [0.2, 0.25) is 0 Å². The first-order valence-electron chi connectivity index (χ1n) is 6.66. The molecule has 20 heavy (non-hydrogen) atoms. The summed E-state index contributed by atoms with van der Waals surface area (Å²) in [7, 11) is 1.39. The molecule has 0 saturated carbocycles. The van der Waals surface area contributed by atoms with Gasteiger partial charge in [0.25, 0.3) is 0 Å². The number of ether oxygens (including phenoxy) is 1. The van der Waals surface area contributed by atoms with Crippen LogP contribution in [0.25, 0.3) is 0 Å². The fourth-order valence-corrected chi connectivity index (χ4v) is 1.66. The van der Waals surface area contributed by atoms with Gasteiger partial charge >= 0.3 is 11.9 Å². The molecule has 0 aliphatic rings. The van der Waals surface area contributed by atoms with Crippen molar-refractivity contribution in [3.63, 3.8) is 0 Å². The highest BCUT2D eigenvalue weighted by Gasteiger charge is 2.22. The number of carboxylic acid groups (broad SMARTS) is 1. The molecule has 0 aliphatic carbocycles. The summed E-state index contributed by atoms with van der Waals surface area (Å²) in [5, 5.41) is 7.89. The lowest BCUT2D eigenvalue weighted by atomic mass is 10.0. The van der Waals surface area contributed by atoms with E-state index in [-0.39, 0.29) is 17.6 Å². The molecule has 116 valence electrons. The molecule has 0 aliphatic heterocycles. The molecule has 1 atom stereocenters. The minimum absolute atomic E-state index is 0.109. The highest BCUT2D eigenvalue weighted by molar-refractivity contribution is 5.88. The maximum atomic E-state index is 11.3. The van der Waals surface area contributed by atoms with Gasteiger partial charge in [-0.15, -0.1) is 0 Å². The quantitative estimate of drug-likeness (QED) is 0.575. The van der Waals surface area contributed by atoms with Crippen LogP contribution in [0.4, 0.5) is 0 Å². The Hall–Kier alpha value is -1.62. The number of aliphatic carboxylic acids is 1. The van der Waals surface area contributed by atoms with E-state index in [1.165, 1.54) is 14.0 Å². The summed E-state index contributed by atoms with van der Waals surface area (Å²) in [6.45, 7) is 16.5. The molecule has 0 aromatic carbocycles. The predicted molar refractivity (Wildman–Crippen MR) is 80.6 cm³/mol. The Kier molecular flexibility index (Phi) is 11.6. The van der Waals surface area contributed by atoms with Crippen molar-refractivity contribution in [1.29, 1.82) is 0 Å². The van der Waals surface area contributed by atoms with E-state index in [9.17, 15) is 9.59 Å². The van der Waals surface area contributed by atoms with Gasteiger partial charge in [-0.3, -0.25) is 4.90 Å². The summed E-state index contributed by atoms with van der Waals surface area (Å²) in [4.78, 5) is 23.1. The van der Waals surface area contributed by atoms with Crippen LogP contribution in [0.1, 0.15) is 34.1 Å². The van der Waals surface area contributed by atoms with E-state index in [0.29, 0.717) is 5.57 Å². The summed E-state index contributed by atoms with van der Waals surface area (Å²) in [5.41, 5.74) is 0.730. The van der Waals surface area contributed by atoms with Gasteiger partial charge in [-0.25, -0.2) is 9.59 Å². The predicted octanol–water partition coefficient (Wildman–Crippen LogP) is 2.48. The monoisotopic (exact) mass is 285 g/mol. The number of carbonyl (C=O) groups excluding carboxylic acids is 1. The van der Waals surface area contributed by atoms with Gasteiger partial charge in [0.2, 0.25) is 0 Å². The average Bonchev–Trinajstić information content (AvgIpc) is 2.43. The van der Waals surface area contributed by atoms with Crippen molar-refractivity contribution in [2.24, 2.45) is 0 Å². The number of methoxy groups -OCH3 is 1. The summed E-state index contributed by atoms with van der Waals surface area (Å²) in [5.74, 6) is -1.24. The molecule has 0 amide bonds.